The van der Waals surface area contributed by atoms with Gasteiger partial charge in [-0.2, -0.15) is 0 Å². The normalized spacial score (nSPS) is 13.2. The number of carbonyl (C=O) groups is 2. The maximum Gasteiger partial charge on any atom is 0.326 e. The number of ether oxygens (including phenoxy) is 1. The molecular weight excluding hydrogens is 272 g/mol. The first-order valence-corrected chi connectivity index (χ1v) is 6.95. The van der Waals surface area contributed by atoms with Crippen molar-refractivity contribution in [1.82, 2.24) is 10.6 Å². The highest BCUT2D eigenvalue weighted by atomic mass is 16.5. The van der Waals surface area contributed by atoms with Crippen LogP contribution in [0.25, 0.3) is 0 Å². The van der Waals surface area contributed by atoms with E-state index in [1.54, 1.807) is 0 Å². The lowest BCUT2D eigenvalue weighted by molar-refractivity contribution is -0.139. The molecule has 0 aliphatic rings. The fourth-order valence-electron chi connectivity index (χ4n) is 1.84. The van der Waals surface area contributed by atoms with E-state index >= 15 is 0 Å². The van der Waals surface area contributed by atoms with Crippen molar-refractivity contribution in [3.05, 3.63) is 35.9 Å². The molecule has 0 saturated heterocycles. The van der Waals surface area contributed by atoms with Gasteiger partial charge in [0.05, 0.1) is 6.10 Å². The summed E-state index contributed by atoms with van der Waals surface area (Å²) >= 11 is 0. The molecule has 6 heteroatoms. The predicted octanol–water partition coefficient (Wildman–Crippen LogP) is 1.41. The molecular formula is C15H22N2O4. The summed E-state index contributed by atoms with van der Waals surface area (Å²) in [5, 5.41) is 14.2. The summed E-state index contributed by atoms with van der Waals surface area (Å²) in [6.07, 6.45) is 0.128. The van der Waals surface area contributed by atoms with Crippen molar-refractivity contribution in [2.45, 2.75) is 32.4 Å². The van der Waals surface area contributed by atoms with E-state index in [0.29, 0.717) is 13.2 Å². The van der Waals surface area contributed by atoms with Gasteiger partial charge in [0, 0.05) is 19.6 Å². The molecule has 1 aromatic carbocycles. The van der Waals surface area contributed by atoms with Crippen LogP contribution in [0, 0.1) is 0 Å². The van der Waals surface area contributed by atoms with E-state index in [-0.39, 0.29) is 12.5 Å². The Balaban J connectivity index is 2.47. The minimum absolute atomic E-state index is 0.113. The largest absolute Gasteiger partial charge is 0.480 e. The number of nitrogens with one attached hydrogen (secondary N) is 2. The molecule has 6 nitrogen and oxygen atoms in total. The second kappa shape index (κ2) is 8.97. The number of aliphatic carboxylic acids is 1. The second-order valence-corrected chi connectivity index (χ2v) is 4.70. The van der Waals surface area contributed by atoms with Crippen LogP contribution in [0.5, 0.6) is 0 Å². The van der Waals surface area contributed by atoms with E-state index in [9.17, 15) is 14.7 Å². The smallest absolute Gasteiger partial charge is 0.326 e. The molecule has 0 fully saturated rings. The van der Waals surface area contributed by atoms with Crippen molar-refractivity contribution in [3.8, 4) is 0 Å². The van der Waals surface area contributed by atoms with Crippen LogP contribution in [0.3, 0.4) is 0 Å². The Kier molecular flexibility index (Phi) is 7.25. The van der Waals surface area contributed by atoms with Gasteiger partial charge < -0.3 is 20.5 Å². The number of benzene rings is 1. The minimum atomic E-state index is -1.06. The monoisotopic (exact) mass is 294 g/mol. The van der Waals surface area contributed by atoms with Crippen LogP contribution in [0.1, 0.15) is 19.4 Å². The molecule has 2 amide bonds. The average Bonchev–Trinajstić information content (AvgIpc) is 2.46. The molecule has 0 bridgehead atoms. The molecule has 116 valence electrons. The summed E-state index contributed by atoms with van der Waals surface area (Å²) in [6, 6.07) is 7.70. The van der Waals surface area contributed by atoms with Gasteiger partial charge in [-0.1, -0.05) is 30.3 Å². The summed E-state index contributed by atoms with van der Waals surface area (Å²) in [7, 11) is 0. The lowest BCUT2D eigenvalue weighted by Crippen LogP contribution is -2.48. The zero-order chi connectivity index (χ0) is 15.7. The van der Waals surface area contributed by atoms with E-state index in [0.717, 1.165) is 5.56 Å². The van der Waals surface area contributed by atoms with Crippen LogP contribution in [0.15, 0.2) is 30.3 Å². The van der Waals surface area contributed by atoms with Crippen LogP contribution in [0.4, 0.5) is 4.79 Å². The third-order valence-electron chi connectivity index (χ3n) is 2.89. The van der Waals surface area contributed by atoms with Crippen LogP contribution < -0.4 is 10.6 Å². The number of hydrogen-bond acceptors (Lipinski definition) is 3. The summed E-state index contributed by atoms with van der Waals surface area (Å²) < 4.78 is 5.28. The van der Waals surface area contributed by atoms with E-state index in [4.69, 9.17) is 4.74 Å². The number of amides is 2. The quantitative estimate of drug-likeness (QED) is 0.676. The number of carboxylic acid groups (broad SMARTS) is 1. The summed E-state index contributed by atoms with van der Waals surface area (Å²) in [4.78, 5) is 22.9. The first kappa shape index (κ1) is 17.0. The van der Waals surface area contributed by atoms with Gasteiger partial charge in [0.2, 0.25) is 0 Å². The number of hydrogen-bond donors (Lipinski definition) is 3. The molecule has 3 N–H and O–H groups in total. The summed E-state index contributed by atoms with van der Waals surface area (Å²) in [5.74, 6) is -1.06. The van der Waals surface area contributed by atoms with Gasteiger partial charge in [-0.3, -0.25) is 0 Å². The maximum absolute atomic E-state index is 11.7. The SMILES string of the molecule is CCOC(C)CNC(=O)NC(Cc1ccccc1)C(=O)O. The molecule has 1 aromatic rings. The highest BCUT2D eigenvalue weighted by Crippen LogP contribution is 2.03. The molecule has 0 heterocycles. The highest BCUT2D eigenvalue weighted by molar-refractivity contribution is 5.82. The van der Waals surface area contributed by atoms with Crippen molar-refractivity contribution in [3.63, 3.8) is 0 Å². The highest BCUT2D eigenvalue weighted by Gasteiger charge is 2.20. The van der Waals surface area contributed by atoms with Gasteiger partial charge in [-0.15, -0.1) is 0 Å². The van der Waals surface area contributed by atoms with E-state index in [1.807, 2.05) is 44.2 Å². The predicted molar refractivity (Wildman–Crippen MR) is 79.2 cm³/mol. The first-order chi connectivity index (χ1) is 10.0. The Morgan fingerprint density at radius 3 is 2.52 bits per heavy atom. The molecule has 0 spiro atoms. The van der Waals surface area contributed by atoms with Crippen molar-refractivity contribution in [2.75, 3.05) is 13.2 Å². The molecule has 2 atom stereocenters. The lowest BCUT2D eigenvalue weighted by Gasteiger charge is -2.17. The van der Waals surface area contributed by atoms with Gasteiger partial charge in [-0.25, -0.2) is 9.59 Å². The first-order valence-electron chi connectivity index (χ1n) is 6.95. The van der Waals surface area contributed by atoms with Crippen molar-refractivity contribution < 1.29 is 19.4 Å². The molecule has 0 aliphatic heterocycles. The van der Waals surface area contributed by atoms with Crippen molar-refractivity contribution in [1.29, 1.82) is 0 Å². The standard InChI is InChI=1S/C15H22N2O4/c1-3-21-11(2)10-16-15(20)17-13(14(18)19)9-12-7-5-4-6-8-12/h4-8,11,13H,3,9-10H2,1-2H3,(H,18,19)(H2,16,17,20). The second-order valence-electron chi connectivity index (χ2n) is 4.70. The zero-order valence-corrected chi connectivity index (χ0v) is 12.3. The number of rotatable bonds is 8. The Morgan fingerprint density at radius 2 is 1.95 bits per heavy atom. The maximum atomic E-state index is 11.7. The van der Waals surface area contributed by atoms with E-state index < -0.39 is 18.0 Å². The molecule has 0 saturated carbocycles. The van der Waals surface area contributed by atoms with Crippen LogP contribution >= 0.6 is 0 Å². The van der Waals surface area contributed by atoms with Crippen LogP contribution in [-0.4, -0.2) is 42.4 Å². The number of carbonyl (C=O) groups excluding carboxylic acids is 1. The average molecular weight is 294 g/mol. The molecule has 0 aliphatic carbocycles. The Hall–Kier alpha value is -2.08. The van der Waals surface area contributed by atoms with Crippen LogP contribution in [-0.2, 0) is 16.0 Å². The minimum Gasteiger partial charge on any atom is -0.480 e. The summed E-state index contributed by atoms with van der Waals surface area (Å²) in [6.45, 7) is 4.60. The molecule has 1 rings (SSSR count). The Bertz CT molecular complexity index is 450. The Labute approximate surface area is 124 Å². The number of carboxylic acids is 1. The van der Waals surface area contributed by atoms with Crippen LogP contribution in [0.2, 0.25) is 0 Å². The van der Waals surface area contributed by atoms with Gasteiger partial charge >= 0.3 is 12.0 Å². The molecule has 21 heavy (non-hydrogen) atoms. The third kappa shape index (κ3) is 6.76. The molecule has 0 radical (unpaired) electrons. The van der Waals surface area contributed by atoms with Gasteiger partial charge in [0.1, 0.15) is 6.04 Å². The fraction of sp³-hybridized carbons (Fsp3) is 0.467. The zero-order valence-electron chi connectivity index (χ0n) is 12.3. The Morgan fingerprint density at radius 1 is 1.29 bits per heavy atom. The van der Waals surface area contributed by atoms with Crippen molar-refractivity contribution >= 4 is 12.0 Å². The fourth-order valence-corrected chi connectivity index (χ4v) is 1.84. The van der Waals surface area contributed by atoms with E-state index in [1.165, 1.54) is 0 Å². The summed E-state index contributed by atoms with van der Waals surface area (Å²) in [5.41, 5.74) is 0.855. The van der Waals surface area contributed by atoms with E-state index in [2.05, 4.69) is 10.6 Å². The third-order valence-corrected chi connectivity index (χ3v) is 2.89. The molecule has 2 unspecified atom stereocenters. The lowest BCUT2D eigenvalue weighted by atomic mass is 10.1. The van der Waals surface area contributed by atoms with Crippen molar-refractivity contribution in [2.24, 2.45) is 0 Å². The van der Waals surface area contributed by atoms with Gasteiger partial charge in [0.25, 0.3) is 0 Å². The van der Waals surface area contributed by atoms with Gasteiger partial charge in [-0.05, 0) is 19.4 Å². The molecule has 0 aromatic heterocycles. The number of urea groups is 1. The van der Waals surface area contributed by atoms with Gasteiger partial charge in [0.15, 0.2) is 0 Å². The topological polar surface area (TPSA) is 87.7 Å².